The van der Waals surface area contributed by atoms with Gasteiger partial charge in [-0.05, 0) is 55.4 Å². The number of imidazole rings is 1. The van der Waals surface area contributed by atoms with Gasteiger partial charge in [-0.25, -0.2) is 14.5 Å². The van der Waals surface area contributed by atoms with Crippen LogP contribution in [0.25, 0.3) is 16.2 Å². The van der Waals surface area contributed by atoms with E-state index in [0.29, 0.717) is 17.1 Å². The van der Waals surface area contributed by atoms with Crippen molar-refractivity contribution in [3.8, 4) is 16.5 Å². The second-order valence-corrected chi connectivity index (χ2v) is 10.3. The number of anilines is 1. The summed E-state index contributed by atoms with van der Waals surface area (Å²) in [6.45, 7) is 12.0. The molecule has 11 heteroatoms. The third kappa shape index (κ3) is 5.78. The number of nitrogens with zero attached hydrogens (tertiary/aromatic N) is 7. The highest BCUT2D eigenvalue weighted by Gasteiger charge is 2.28. The van der Waals surface area contributed by atoms with Gasteiger partial charge in [0.25, 0.3) is 5.19 Å². The molecule has 1 saturated heterocycles. The van der Waals surface area contributed by atoms with E-state index in [1.165, 1.54) is 11.3 Å². The quantitative estimate of drug-likeness (QED) is 0.283. The standard InChI is InChI=1S/C22H27N7O2S2.C2H6/c1-13(2)19-25-20(31-27-19)28-9-7-15(8-10-28)14(3)30-22-26-29-12-17(24-21(29)33-22)16-5-6-18(32-4)23-11-16;1-2/h5-6,11-15H,7-10H2,1-4H3;1-2H3/t14-;/m0./s1. The number of hydrogen-bond acceptors (Lipinski definition) is 10. The van der Waals surface area contributed by atoms with E-state index in [0.717, 1.165) is 53.0 Å². The van der Waals surface area contributed by atoms with E-state index in [2.05, 4.69) is 45.9 Å². The molecular formula is C24H33N7O2S2. The number of ether oxygens (including phenoxy) is 1. The summed E-state index contributed by atoms with van der Waals surface area (Å²) in [6, 6.07) is 4.67. The molecule has 4 aromatic rings. The maximum atomic E-state index is 6.21. The Balaban J connectivity index is 0.00000141. The first-order chi connectivity index (χ1) is 17.0. The van der Waals surface area contributed by atoms with Gasteiger partial charge >= 0.3 is 6.01 Å². The van der Waals surface area contributed by atoms with Crippen LogP contribution in [-0.2, 0) is 0 Å². The lowest BCUT2D eigenvalue weighted by Gasteiger charge is -2.33. The van der Waals surface area contributed by atoms with Crippen LogP contribution < -0.4 is 9.64 Å². The first-order valence-electron chi connectivity index (χ1n) is 12.1. The van der Waals surface area contributed by atoms with Crippen molar-refractivity contribution in [1.29, 1.82) is 0 Å². The Hall–Kier alpha value is -2.66. The topological polar surface area (TPSA) is 94.5 Å². The van der Waals surface area contributed by atoms with Gasteiger partial charge in [-0.2, -0.15) is 4.98 Å². The van der Waals surface area contributed by atoms with Crippen LogP contribution >= 0.6 is 23.1 Å². The predicted octanol–water partition coefficient (Wildman–Crippen LogP) is 5.79. The van der Waals surface area contributed by atoms with Crippen LogP contribution in [0.5, 0.6) is 5.19 Å². The van der Waals surface area contributed by atoms with Crippen LogP contribution in [0.3, 0.4) is 0 Å². The second kappa shape index (κ2) is 11.4. The molecule has 9 nitrogen and oxygen atoms in total. The van der Waals surface area contributed by atoms with Crippen molar-refractivity contribution in [2.75, 3.05) is 24.2 Å². The molecule has 0 spiro atoms. The Kier molecular flexibility index (Phi) is 8.27. The minimum absolute atomic E-state index is 0.0691. The summed E-state index contributed by atoms with van der Waals surface area (Å²) in [7, 11) is 0. The Bertz CT molecular complexity index is 1180. The molecule has 0 bridgehead atoms. The molecule has 5 rings (SSSR count). The molecule has 0 N–H and O–H groups in total. The highest BCUT2D eigenvalue weighted by Crippen LogP contribution is 2.30. The van der Waals surface area contributed by atoms with Gasteiger partial charge in [-0.1, -0.05) is 32.9 Å². The van der Waals surface area contributed by atoms with Crippen LogP contribution in [0, 0.1) is 5.92 Å². The van der Waals surface area contributed by atoms with Gasteiger partial charge in [-0.3, -0.25) is 0 Å². The van der Waals surface area contributed by atoms with E-state index in [1.54, 1.807) is 16.3 Å². The number of pyridine rings is 1. The van der Waals surface area contributed by atoms with Gasteiger partial charge in [0.15, 0.2) is 5.82 Å². The zero-order valence-electron chi connectivity index (χ0n) is 21.1. The van der Waals surface area contributed by atoms with Crippen molar-refractivity contribution < 1.29 is 9.26 Å². The number of rotatable bonds is 7. The smallest absolute Gasteiger partial charge is 0.324 e. The van der Waals surface area contributed by atoms with E-state index in [9.17, 15) is 0 Å². The molecule has 1 atom stereocenters. The SMILES string of the molecule is CC.CSc1ccc(-c2cn3nc(O[C@@H](C)C4CCN(c5nc(C(C)C)no5)CC4)sc3n2)cn1. The largest absolute Gasteiger partial charge is 0.466 e. The summed E-state index contributed by atoms with van der Waals surface area (Å²) in [5.74, 6) is 1.47. The Labute approximate surface area is 214 Å². The third-order valence-electron chi connectivity index (χ3n) is 5.97. The van der Waals surface area contributed by atoms with Gasteiger partial charge in [0, 0.05) is 30.8 Å². The van der Waals surface area contributed by atoms with Crippen molar-refractivity contribution in [1.82, 2.24) is 29.7 Å². The highest BCUT2D eigenvalue weighted by molar-refractivity contribution is 7.98. The summed E-state index contributed by atoms with van der Waals surface area (Å²) >= 11 is 3.09. The molecule has 1 fully saturated rings. The first kappa shape index (κ1) is 25.4. The molecule has 0 aliphatic carbocycles. The molecule has 1 aliphatic heterocycles. The average Bonchev–Trinajstić information content (AvgIpc) is 3.61. The molecule has 0 unspecified atom stereocenters. The average molecular weight is 516 g/mol. The summed E-state index contributed by atoms with van der Waals surface area (Å²) in [6.07, 6.45) is 7.87. The van der Waals surface area contributed by atoms with Gasteiger partial charge in [0.05, 0.1) is 16.9 Å². The van der Waals surface area contributed by atoms with Gasteiger partial charge in [0.1, 0.15) is 6.10 Å². The normalized spacial score (nSPS) is 15.3. The molecular weight excluding hydrogens is 482 g/mol. The minimum atomic E-state index is 0.0691. The van der Waals surface area contributed by atoms with Crippen LogP contribution in [0.2, 0.25) is 0 Å². The molecule has 0 saturated carbocycles. The predicted molar refractivity (Wildman–Crippen MR) is 141 cm³/mol. The fourth-order valence-corrected chi connectivity index (χ4v) is 5.10. The Morgan fingerprint density at radius 2 is 1.91 bits per heavy atom. The molecule has 5 heterocycles. The molecule has 4 aromatic heterocycles. The van der Waals surface area contributed by atoms with Crippen molar-refractivity contribution in [2.24, 2.45) is 5.92 Å². The van der Waals surface area contributed by atoms with E-state index in [1.807, 2.05) is 44.6 Å². The van der Waals surface area contributed by atoms with Crippen LogP contribution in [-0.4, -0.2) is 55.2 Å². The maximum Gasteiger partial charge on any atom is 0.324 e. The lowest BCUT2D eigenvalue weighted by atomic mass is 9.92. The van der Waals surface area contributed by atoms with Gasteiger partial charge in [-0.15, -0.1) is 16.9 Å². The summed E-state index contributed by atoms with van der Waals surface area (Å²) < 4.78 is 13.4. The summed E-state index contributed by atoms with van der Waals surface area (Å²) in [5, 5.41) is 10.3. The lowest BCUT2D eigenvalue weighted by molar-refractivity contribution is 0.130. The van der Waals surface area contributed by atoms with E-state index in [4.69, 9.17) is 14.2 Å². The number of piperidine rings is 1. The molecule has 188 valence electrons. The monoisotopic (exact) mass is 515 g/mol. The molecule has 0 amide bonds. The number of fused-ring (bicyclic) bond motifs is 1. The van der Waals surface area contributed by atoms with Crippen LogP contribution in [0.15, 0.2) is 34.1 Å². The summed E-state index contributed by atoms with van der Waals surface area (Å²) in [4.78, 5) is 16.6. The summed E-state index contributed by atoms with van der Waals surface area (Å²) in [5.41, 5.74) is 1.84. The molecule has 0 radical (unpaired) electrons. The number of hydrogen-bond donors (Lipinski definition) is 0. The van der Waals surface area contributed by atoms with E-state index < -0.39 is 0 Å². The van der Waals surface area contributed by atoms with Crippen LogP contribution in [0.1, 0.15) is 59.2 Å². The highest BCUT2D eigenvalue weighted by atomic mass is 32.2. The Morgan fingerprint density at radius 3 is 2.51 bits per heavy atom. The van der Waals surface area contributed by atoms with Crippen molar-refractivity contribution >= 4 is 34.1 Å². The zero-order valence-corrected chi connectivity index (χ0v) is 22.8. The molecule has 0 aromatic carbocycles. The van der Waals surface area contributed by atoms with Gasteiger partial charge in [0.2, 0.25) is 4.96 Å². The van der Waals surface area contributed by atoms with Crippen molar-refractivity contribution in [3.05, 3.63) is 30.4 Å². The maximum absolute atomic E-state index is 6.21. The van der Waals surface area contributed by atoms with E-state index >= 15 is 0 Å². The zero-order chi connectivity index (χ0) is 24.9. The van der Waals surface area contributed by atoms with Crippen molar-refractivity contribution in [3.63, 3.8) is 0 Å². The molecule has 35 heavy (non-hydrogen) atoms. The fourth-order valence-electron chi connectivity index (χ4n) is 3.93. The van der Waals surface area contributed by atoms with Gasteiger partial charge < -0.3 is 14.2 Å². The third-order valence-corrected chi connectivity index (χ3v) is 7.45. The Morgan fingerprint density at radius 1 is 1.14 bits per heavy atom. The van der Waals surface area contributed by atoms with Crippen LogP contribution in [0.4, 0.5) is 6.01 Å². The molecule has 1 aliphatic rings. The number of thioether (sulfide) groups is 1. The fraction of sp³-hybridized carbons (Fsp3) is 0.542. The first-order valence-corrected chi connectivity index (χ1v) is 14.2. The number of aromatic nitrogens is 6. The van der Waals surface area contributed by atoms with Crippen molar-refractivity contribution in [2.45, 2.75) is 64.5 Å². The lowest BCUT2D eigenvalue weighted by Crippen LogP contribution is -2.38. The van der Waals surface area contributed by atoms with E-state index in [-0.39, 0.29) is 12.0 Å². The second-order valence-electron chi connectivity index (χ2n) is 8.55. The minimum Gasteiger partial charge on any atom is -0.466 e.